The van der Waals surface area contributed by atoms with E-state index in [9.17, 15) is 8.42 Å². The summed E-state index contributed by atoms with van der Waals surface area (Å²) in [5.41, 5.74) is 1.12. The van der Waals surface area contributed by atoms with Crippen LogP contribution >= 0.6 is 0 Å². The molecule has 0 unspecified atom stereocenters. The molecule has 3 nitrogen and oxygen atoms in total. The third kappa shape index (κ3) is 4.22. The van der Waals surface area contributed by atoms with Crippen LogP contribution in [0.3, 0.4) is 0 Å². The van der Waals surface area contributed by atoms with Crippen molar-refractivity contribution in [3.8, 4) is 0 Å². The zero-order valence-corrected chi connectivity index (χ0v) is 14.3. The first-order chi connectivity index (χ1) is 9.68. The van der Waals surface area contributed by atoms with Crippen LogP contribution < -0.4 is 5.32 Å². The average Bonchev–Trinajstić information content (AvgIpc) is 2.37. The van der Waals surface area contributed by atoms with Crippen molar-refractivity contribution in [1.82, 2.24) is 0 Å². The number of nitrogens with one attached hydrogen (secondary N) is 1. The van der Waals surface area contributed by atoms with Crippen molar-refractivity contribution in [3.63, 3.8) is 0 Å². The molecule has 0 heterocycles. The number of hydrogen-bond donors (Lipinski definition) is 1. The van der Waals surface area contributed by atoms with Crippen molar-refractivity contribution < 1.29 is 8.42 Å². The van der Waals surface area contributed by atoms with Crippen molar-refractivity contribution in [2.45, 2.75) is 57.4 Å². The van der Waals surface area contributed by atoms with Gasteiger partial charge in [-0.2, -0.15) is 0 Å². The Morgan fingerprint density at radius 2 is 1.62 bits per heavy atom. The van der Waals surface area contributed by atoms with Gasteiger partial charge in [0.2, 0.25) is 0 Å². The van der Waals surface area contributed by atoms with Crippen LogP contribution in [-0.2, 0) is 9.84 Å². The van der Waals surface area contributed by atoms with Gasteiger partial charge >= 0.3 is 0 Å². The Balaban J connectivity index is 2.05. The van der Waals surface area contributed by atoms with Crippen molar-refractivity contribution in [3.05, 3.63) is 24.3 Å². The second-order valence-corrected chi connectivity index (χ2v) is 9.31. The molecule has 0 aromatic heterocycles. The summed E-state index contributed by atoms with van der Waals surface area (Å²) in [5, 5.41) is 3.45. The summed E-state index contributed by atoms with van der Waals surface area (Å²) in [4.78, 5) is 0.406. The average molecular weight is 309 g/mol. The molecule has 2 rings (SSSR count). The minimum Gasteiger partial charge on any atom is -0.381 e. The second kappa shape index (κ2) is 5.99. The lowest BCUT2D eigenvalue weighted by atomic mass is 9.71. The minimum atomic E-state index is -3.18. The lowest BCUT2D eigenvalue weighted by Gasteiger charge is -2.37. The largest absolute Gasteiger partial charge is 0.381 e. The Kier molecular flexibility index (Phi) is 4.66. The molecule has 0 aliphatic heterocycles. The Morgan fingerprint density at radius 1 is 1.05 bits per heavy atom. The topological polar surface area (TPSA) is 46.2 Å². The minimum absolute atomic E-state index is 0.371. The molecule has 1 aliphatic carbocycles. The number of hydrogen-bond acceptors (Lipinski definition) is 3. The monoisotopic (exact) mass is 309 g/mol. The van der Waals surface area contributed by atoms with E-state index in [2.05, 4.69) is 26.1 Å². The van der Waals surface area contributed by atoms with E-state index in [4.69, 9.17) is 0 Å². The van der Waals surface area contributed by atoms with Crippen LogP contribution in [0, 0.1) is 11.3 Å². The Bertz CT molecular complexity index is 579. The van der Waals surface area contributed by atoms with Gasteiger partial charge in [0, 0.05) is 12.3 Å². The molecule has 0 radical (unpaired) electrons. The summed E-state index contributed by atoms with van der Waals surface area (Å²) in [6, 6.07) is 7.59. The highest BCUT2D eigenvalue weighted by Crippen LogP contribution is 2.38. The van der Waals surface area contributed by atoms with E-state index in [1.807, 2.05) is 12.1 Å². The van der Waals surface area contributed by atoms with E-state index >= 15 is 0 Å². The predicted octanol–water partition coefficient (Wildman–Crippen LogP) is 4.11. The maximum Gasteiger partial charge on any atom is 0.177 e. The van der Waals surface area contributed by atoms with Gasteiger partial charge in [0.25, 0.3) is 0 Å². The zero-order chi connectivity index (χ0) is 15.7. The summed E-state index contributed by atoms with van der Waals surface area (Å²) >= 11 is 0. The van der Waals surface area contributed by atoms with E-state index in [1.165, 1.54) is 19.1 Å². The molecule has 0 spiro atoms. The fraction of sp³-hybridized carbons (Fsp3) is 0.647. The normalized spacial score (nSPS) is 23.8. The van der Waals surface area contributed by atoms with Gasteiger partial charge in [0.05, 0.1) is 10.6 Å². The predicted molar refractivity (Wildman–Crippen MR) is 88.4 cm³/mol. The standard InChI is InChI=1S/C17H27NO2S/c1-17(2,3)13-9-11-14(12-10-13)18-15-7-5-6-8-16(15)21(4,19)20/h5-8,13-14,18H,9-12H2,1-4H3. The van der Waals surface area contributed by atoms with E-state index in [0.717, 1.165) is 24.4 Å². The number of sulfone groups is 1. The lowest BCUT2D eigenvalue weighted by molar-refractivity contribution is 0.173. The van der Waals surface area contributed by atoms with Crippen LogP contribution in [0.2, 0.25) is 0 Å². The van der Waals surface area contributed by atoms with Crippen LogP contribution in [0.4, 0.5) is 5.69 Å². The van der Waals surface area contributed by atoms with Gasteiger partial charge in [0.15, 0.2) is 9.84 Å². The highest BCUT2D eigenvalue weighted by atomic mass is 32.2. The van der Waals surface area contributed by atoms with Crippen molar-refractivity contribution in [2.24, 2.45) is 11.3 Å². The maximum absolute atomic E-state index is 11.8. The number of benzene rings is 1. The summed E-state index contributed by atoms with van der Waals surface area (Å²) in [6.07, 6.45) is 5.91. The molecule has 0 amide bonds. The highest BCUT2D eigenvalue weighted by Gasteiger charge is 2.30. The van der Waals surface area contributed by atoms with Gasteiger partial charge in [-0.15, -0.1) is 0 Å². The van der Waals surface area contributed by atoms with Crippen LogP contribution in [0.5, 0.6) is 0 Å². The smallest absolute Gasteiger partial charge is 0.177 e. The maximum atomic E-state index is 11.8. The van der Waals surface area contributed by atoms with Crippen LogP contribution in [0.25, 0.3) is 0 Å². The molecule has 1 N–H and O–H groups in total. The first-order valence-electron chi connectivity index (χ1n) is 7.73. The lowest BCUT2D eigenvalue weighted by Crippen LogP contribution is -2.31. The molecule has 1 saturated carbocycles. The van der Waals surface area contributed by atoms with Crippen molar-refractivity contribution >= 4 is 15.5 Å². The van der Waals surface area contributed by atoms with Crippen molar-refractivity contribution in [2.75, 3.05) is 11.6 Å². The summed E-state index contributed by atoms with van der Waals surface area (Å²) < 4.78 is 23.7. The summed E-state index contributed by atoms with van der Waals surface area (Å²) in [7, 11) is -3.18. The van der Waals surface area contributed by atoms with Gasteiger partial charge in [-0.25, -0.2) is 8.42 Å². The number of para-hydroxylation sites is 1. The second-order valence-electron chi connectivity index (χ2n) is 7.33. The highest BCUT2D eigenvalue weighted by molar-refractivity contribution is 7.90. The Labute approximate surface area is 129 Å². The number of anilines is 1. The molecule has 1 aromatic carbocycles. The molecule has 0 bridgehead atoms. The third-order valence-electron chi connectivity index (χ3n) is 4.60. The fourth-order valence-corrected chi connectivity index (χ4v) is 4.09. The molecule has 1 aliphatic rings. The molecular formula is C17H27NO2S. The molecule has 0 saturated heterocycles. The molecule has 1 aromatic rings. The van der Waals surface area contributed by atoms with Gasteiger partial charge in [0.1, 0.15) is 0 Å². The van der Waals surface area contributed by atoms with Gasteiger partial charge < -0.3 is 5.32 Å². The molecule has 118 valence electrons. The van der Waals surface area contributed by atoms with Crippen LogP contribution in [0.1, 0.15) is 46.5 Å². The number of rotatable bonds is 3. The van der Waals surface area contributed by atoms with E-state index in [0.29, 0.717) is 16.4 Å². The van der Waals surface area contributed by atoms with E-state index < -0.39 is 9.84 Å². The Hall–Kier alpha value is -1.03. The SMILES string of the molecule is CC(C)(C)C1CCC(Nc2ccccc2S(C)(=O)=O)CC1. The van der Waals surface area contributed by atoms with Crippen molar-refractivity contribution in [1.29, 1.82) is 0 Å². The van der Waals surface area contributed by atoms with Gasteiger partial charge in [-0.1, -0.05) is 32.9 Å². The Morgan fingerprint density at radius 3 is 2.14 bits per heavy atom. The first kappa shape index (κ1) is 16.3. The molecule has 4 heteroatoms. The fourth-order valence-electron chi connectivity index (χ4n) is 3.23. The third-order valence-corrected chi connectivity index (χ3v) is 5.75. The van der Waals surface area contributed by atoms with E-state index in [-0.39, 0.29) is 0 Å². The first-order valence-corrected chi connectivity index (χ1v) is 9.62. The molecule has 0 atom stereocenters. The van der Waals surface area contributed by atoms with Gasteiger partial charge in [-0.3, -0.25) is 0 Å². The molecular weight excluding hydrogens is 282 g/mol. The summed E-state index contributed by atoms with van der Waals surface area (Å²) in [5.74, 6) is 0.765. The summed E-state index contributed by atoms with van der Waals surface area (Å²) in [6.45, 7) is 6.93. The molecule has 21 heavy (non-hydrogen) atoms. The van der Waals surface area contributed by atoms with Gasteiger partial charge in [-0.05, 0) is 49.1 Å². The molecule has 1 fully saturated rings. The van der Waals surface area contributed by atoms with Crippen LogP contribution in [-0.4, -0.2) is 20.7 Å². The quantitative estimate of drug-likeness (QED) is 0.914. The van der Waals surface area contributed by atoms with Crippen LogP contribution in [0.15, 0.2) is 29.2 Å². The van der Waals surface area contributed by atoms with E-state index in [1.54, 1.807) is 12.1 Å². The zero-order valence-electron chi connectivity index (χ0n) is 13.5.